The van der Waals surface area contributed by atoms with Crippen LogP contribution in [0, 0.1) is 17.1 Å². The Hall–Kier alpha value is -2.58. The van der Waals surface area contributed by atoms with E-state index in [9.17, 15) is 4.39 Å². The highest BCUT2D eigenvalue weighted by atomic mass is 19.1. The maximum atomic E-state index is 13.9. The van der Waals surface area contributed by atoms with Gasteiger partial charge in [0.05, 0.1) is 5.56 Å². The van der Waals surface area contributed by atoms with Gasteiger partial charge in [0.1, 0.15) is 11.9 Å². The Morgan fingerprint density at radius 2 is 1.86 bits per heavy atom. The maximum absolute atomic E-state index is 13.9. The van der Waals surface area contributed by atoms with E-state index in [1.165, 1.54) is 6.07 Å². The molecule has 0 bridgehead atoms. The molecular formula is C16H13FN2O2. The molecule has 0 unspecified atom stereocenters. The van der Waals surface area contributed by atoms with E-state index < -0.39 is 5.82 Å². The van der Waals surface area contributed by atoms with Crippen molar-refractivity contribution < 1.29 is 13.9 Å². The molecule has 0 fully saturated rings. The SMILES string of the molecule is N#Cc1cccc(CNCc2cccc3c2OCO3)c1F. The number of para-hydroxylation sites is 1. The molecule has 4 nitrogen and oxygen atoms in total. The summed E-state index contributed by atoms with van der Waals surface area (Å²) in [4.78, 5) is 0. The molecule has 0 aromatic heterocycles. The Kier molecular flexibility index (Phi) is 3.71. The first-order chi connectivity index (χ1) is 10.3. The Morgan fingerprint density at radius 1 is 1.10 bits per heavy atom. The molecule has 0 spiro atoms. The molecule has 0 saturated carbocycles. The molecule has 0 aliphatic carbocycles. The second-order valence-corrected chi connectivity index (χ2v) is 4.64. The van der Waals surface area contributed by atoms with Gasteiger partial charge in [0.15, 0.2) is 11.5 Å². The van der Waals surface area contributed by atoms with Gasteiger partial charge in [-0.1, -0.05) is 24.3 Å². The molecule has 21 heavy (non-hydrogen) atoms. The van der Waals surface area contributed by atoms with E-state index in [0.29, 0.717) is 18.7 Å². The lowest BCUT2D eigenvalue weighted by atomic mass is 10.1. The van der Waals surface area contributed by atoms with Crippen LogP contribution in [0.2, 0.25) is 0 Å². The van der Waals surface area contributed by atoms with Crippen LogP contribution in [0.15, 0.2) is 36.4 Å². The Morgan fingerprint density at radius 3 is 2.71 bits per heavy atom. The number of rotatable bonds is 4. The minimum atomic E-state index is -0.467. The van der Waals surface area contributed by atoms with Gasteiger partial charge in [-0.3, -0.25) is 0 Å². The summed E-state index contributed by atoms with van der Waals surface area (Å²) in [6, 6.07) is 12.3. The summed E-state index contributed by atoms with van der Waals surface area (Å²) in [5, 5.41) is 12.0. The average molecular weight is 284 g/mol. The molecule has 0 atom stereocenters. The van der Waals surface area contributed by atoms with Crippen LogP contribution < -0.4 is 14.8 Å². The van der Waals surface area contributed by atoms with Crippen LogP contribution in [0.5, 0.6) is 11.5 Å². The van der Waals surface area contributed by atoms with Crippen molar-refractivity contribution in [1.82, 2.24) is 5.32 Å². The smallest absolute Gasteiger partial charge is 0.231 e. The van der Waals surface area contributed by atoms with E-state index in [1.54, 1.807) is 12.1 Å². The molecule has 106 valence electrons. The summed E-state index contributed by atoms with van der Waals surface area (Å²) < 4.78 is 24.6. The summed E-state index contributed by atoms with van der Waals surface area (Å²) in [5.41, 5.74) is 1.49. The monoisotopic (exact) mass is 284 g/mol. The van der Waals surface area contributed by atoms with Crippen molar-refractivity contribution in [3.63, 3.8) is 0 Å². The number of hydrogen-bond donors (Lipinski definition) is 1. The first-order valence-corrected chi connectivity index (χ1v) is 6.55. The Balaban J connectivity index is 1.68. The van der Waals surface area contributed by atoms with Crippen molar-refractivity contribution in [2.24, 2.45) is 0 Å². The van der Waals surface area contributed by atoms with Crippen molar-refractivity contribution >= 4 is 0 Å². The number of nitriles is 1. The zero-order valence-electron chi connectivity index (χ0n) is 11.2. The first kappa shape index (κ1) is 13.4. The van der Waals surface area contributed by atoms with Gasteiger partial charge in [0.2, 0.25) is 6.79 Å². The lowest BCUT2D eigenvalue weighted by Gasteiger charge is -2.09. The molecule has 1 aliphatic heterocycles. The predicted octanol–water partition coefficient (Wildman–Crippen LogP) is 2.72. The van der Waals surface area contributed by atoms with Crippen LogP contribution in [0.3, 0.4) is 0 Å². The molecule has 0 amide bonds. The number of hydrogen-bond acceptors (Lipinski definition) is 4. The van der Waals surface area contributed by atoms with Gasteiger partial charge in [0.25, 0.3) is 0 Å². The third-order valence-corrected chi connectivity index (χ3v) is 3.31. The van der Waals surface area contributed by atoms with Crippen molar-refractivity contribution in [2.75, 3.05) is 6.79 Å². The van der Waals surface area contributed by atoms with Crippen molar-refractivity contribution in [2.45, 2.75) is 13.1 Å². The summed E-state index contributed by atoms with van der Waals surface area (Å²) in [5.74, 6) is 0.994. The van der Waals surface area contributed by atoms with E-state index in [0.717, 1.165) is 17.1 Å². The topological polar surface area (TPSA) is 54.3 Å². The molecular weight excluding hydrogens is 271 g/mol. The maximum Gasteiger partial charge on any atom is 0.231 e. The third-order valence-electron chi connectivity index (χ3n) is 3.31. The van der Waals surface area contributed by atoms with E-state index in [2.05, 4.69) is 5.32 Å². The van der Waals surface area contributed by atoms with Gasteiger partial charge < -0.3 is 14.8 Å². The van der Waals surface area contributed by atoms with E-state index in [1.807, 2.05) is 24.3 Å². The molecule has 0 saturated heterocycles. The fourth-order valence-electron chi connectivity index (χ4n) is 2.26. The number of halogens is 1. The fraction of sp³-hybridized carbons (Fsp3) is 0.188. The fourth-order valence-corrected chi connectivity index (χ4v) is 2.26. The highest BCUT2D eigenvalue weighted by Crippen LogP contribution is 2.35. The molecule has 2 aromatic carbocycles. The predicted molar refractivity (Wildman–Crippen MR) is 74.2 cm³/mol. The minimum absolute atomic E-state index is 0.0617. The molecule has 0 radical (unpaired) electrons. The molecule has 3 rings (SSSR count). The highest BCUT2D eigenvalue weighted by molar-refractivity contribution is 5.48. The van der Waals surface area contributed by atoms with E-state index >= 15 is 0 Å². The zero-order chi connectivity index (χ0) is 14.7. The molecule has 5 heteroatoms. The number of ether oxygens (including phenoxy) is 2. The summed E-state index contributed by atoms with van der Waals surface area (Å²) in [7, 11) is 0. The van der Waals surface area contributed by atoms with E-state index in [4.69, 9.17) is 14.7 Å². The number of benzene rings is 2. The van der Waals surface area contributed by atoms with E-state index in [-0.39, 0.29) is 12.4 Å². The first-order valence-electron chi connectivity index (χ1n) is 6.55. The molecule has 2 aromatic rings. The number of nitrogens with one attached hydrogen (secondary N) is 1. The molecule has 1 N–H and O–H groups in total. The standard InChI is InChI=1S/C16H13FN2O2/c17-15-11(7-18)3-1-4-12(15)8-19-9-13-5-2-6-14-16(13)21-10-20-14/h1-6,19H,8-10H2. The zero-order valence-corrected chi connectivity index (χ0v) is 11.2. The highest BCUT2D eigenvalue weighted by Gasteiger charge is 2.16. The normalized spacial score (nSPS) is 12.2. The molecule has 1 heterocycles. The second kappa shape index (κ2) is 5.81. The second-order valence-electron chi connectivity index (χ2n) is 4.64. The number of fused-ring (bicyclic) bond motifs is 1. The summed E-state index contributed by atoms with van der Waals surface area (Å²) in [6.45, 7) is 1.10. The van der Waals surface area contributed by atoms with Crippen molar-refractivity contribution in [3.8, 4) is 17.6 Å². The molecule has 1 aliphatic rings. The Bertz CT molecular complexity index is 696. The third kappa shape index (κ3) is 2.67. The van der Waals surface area contributed by atoms with Crippen molar-refractivity contribution in [3.05, 3.63) is 58.9 Å². The average Bonchev–Trinajstić information content (AvgIpc) is 2.98. The van der Waals surface area contributed by atoms with Gasteiger partial charge in [-0.25, -0.2) is 4.39 Å². The quantitative estimate of drug-likeness (QED) is 0.938. The van der Waals surface area contributed by atoms with Gasteiger partial charge in [-0.05, 0) is 12.1 Å². The largest absolute Gasteiger partial charge is 0.454 e. The minimum Gasteiger partial charge on any atom is -0.454 e. The lowest BCUT2D eigenvalue weighted by Crippen LogP contribution is -2.14. The lowest BCUT2D eigenvalue weighted by molar-refractivity contribution is 0.173. The van der Waals surface area contributed by atoms with Gasteiger partial charge in [0, 0.05) is 24.2 Å². The van der Waals surface area contributed by atoms with Crippen molar-refractivity contribution in [1.29, 1.82) is 5.26 Å². The van der Waals surface area contributed by atoms with Crippen LogP contribution in [0.25, 0.3) is 0 Å². The van der Waals surface area contributed by atoms with Gasteiger partial charge >= 0.3 is 0 Å². The van der Waals surface area contributed by atoms with Crippen LogP contribution in [-0.2, 0) is 13.1 Å². The van der Waals surface area contributed by atoms with Crippen LogP contribution >= 0.6 is 0 Å². The van der Waals surface area contributed by atoms with Crippen LogP contribution in [0.4, 0.5) is 4.39 Å². The summed E-state index contributed by atoms with van der Waals surface area (Å²) >= 11 is 0. The number of nitrogens with zero attached hydrogens (tertiary/aromatic N) is 1. The van der Waals surface area contributed by atoms with Gasteiger partial charge in [-0.2, -0.15) is 5.26 Å². The van der Waals surface area contributed by atoms with Gasteiger partial charge in [-0.15, -0.1) is 0 Å². The summed E-state index contributed by atoms with van der Waals surface area (Å²) in [6.07, 6.45) is 0. The van der Waals surface area contributed by atoms with Crippen LogP contribution in [-0.4, -0.2) is 6.79 Å². The van der Waals surface area contributed by atoms with Crippen LogP contribution in [0.1, 0.15) is 16.7 Å². The Labute approximate surface area is 121 Å².